The first-order valence-corrected chi connectivity index (χ1v) is 5.91. The maximum Gasteiger partial charge on any atom is 0.198 e. The fraction of sp³-hybridized carbons (Fsp3) is 1.00. The Morgan fingerprint density at radius 2 is 1.73 bits per heavy atom. The molecular formula is C12H20O3. The molecule has 3 nitrogen and oxygen atoms in total. The Kier molecular flexibility index (Phi) is 1.73. The normalized spacial score (nSPS) is 50.4. The zero-order valence-corrected chi connectivity index (χ0v) is 9.75. The highest BCUT2D eigenvalue weighted by molar-refractivity contribution is 5.19. The number of aliphatic hydroxyl groups is 1. The van der Waals surface area contributed by atoms with Crippen LogP contribution in [0, 0.1) is 16.7 Å². The van der Waals surface area contributed by atoms with E-state index in [2.05, 4.69) is 20.8 Å². The van der Waals surface area contributed by atoms with Gasteiger partial charge >= 0.3 is 0 Å². The highest BCUT2D eigenvalue weighted by Gasteiger charge is 2.75. The molecule has 0 aromatic heterocycles. The van der Waals surface area contributed by atoms with Gasteiger partial charge in [-0.25, -0.2) is 0 Å². The van der Waals surface area contributed by atoms with Gasteiger partial charge in [0.25, 0.3) is 0 Å². The molecule has 0 amide bonds. The Bertz CT molecular complexity index is 293. The van der Waals surface area contributed by atoms with E-state index >= 15 is 0 Å². The first kappa shape index (κ1) is 10.1. The van der Waals surface area contributed by atoms with Gasteiger partial charge in [-0.15, -0.1) is 0 Å². The summed E-state index contributed by atoms with van der Waals surface area (Å²) in [5.41, 5.74) is 0.0543. The molecule has 0 aromatic carbocycles. The van der Waals surface area contributed by atoms with Gasteiger partial charge in [0.1, 0.15) is 6.10 Å². The monoisotopic (exact) mass is 212 g/mol. The van der Waals surface area contributed by atoms with Crippen molar-refractivity contribution in [1.29, 1.82) is 0 Å². The van der Waals surface area contributed by atoms with Gasteiger partial charge in [-0.05, 0) is 18.3 Å². The molecule has 3 heteroatoms. The minimum absolute atomic E-state index is 0.0536. The first-order chi connectivity index (χ1) is 6.95. The van der Waals surface area contributed by atoms with Crippen molar-refractivity contribution in [3.63, 3.8) is 0 Å². The average molecular weight is 212 g/mol. The predicted molar refractivity (Wildman–Crippen MR) is 55.3 cm³/mol. The predicted octanol–water partition coefficient (Wildman–Crippen LogP) is 1.55. The van der Waals surface area contributed by atoms with Crippen LogP contribution < -0.4 is 0 Å². The summed E-state index contributed by atoms with van der Waals surface area (Å²) >= 11 is 0. The van der Waals surface area contributed by atoms with Crippen molar-refractivity contribution in [3.05, 3.63) is 0 Å². The van der Waals surface area contributed by atoms with Gasteiger partial charge in [-0.3, -0.25) is 0 Å². The van der Waals surface area contributed by atoms with Crippen molar-refractivity contribution in [2.24, 2.45) is 16.7 Å². The van der Waals surface area contributed by atoms with E-state index in [-0.39, 0.29) is 10.8 Å². The van der Waals surface area contributed by atoms with E-state index < -0.39 is 11.9 Å². The standard InChI is InChI=1S/C12H20O3/c1-10(2)8-4-5-11(10,3)9(13)12(8)14-6-7-15-12/h8-9,13H,4-7H2,1-3H3/t8-,9-,11-/m1/s1. The first-order valence-electron chi connectivity index (χ1n) is 5.91. The topological polar surface area (TPSA) is 38.7 Å². The van der Waals surface area contributed by atoms with Gasteiger partial charge in [0.2, 0.25) is 0 Å². The minimum Gasteiger partial charge on any atom is -0.387 e. The van der Waals surface area contributed by atoms with Crippen molar-refractivity contribution >= 4 is 0 Å². The van der Waals surface area contributed by atoms with Gasteiger partial charge < -0.3 is 14.6 Å². The summed E-state index contributed by atoms with van der Waals surface area (Å²) in [4.78, 5) is 0. The number of fused-ring (bicyclic) bond motifs is 3. The zero-order valence-electron chi connectivity index (χ0n) is 9.75. The Morgan fingerprint density at radius 3 is 2.20 bits per heavy atom. The Hall–Kier alpha value is -0.120. The average Bonchev–Trinajstić information content (AvgIpc) is 2.74. The summed E-state index contributed by atoms with van der Waals surface area (Å²) < 4.78 is 11.6. The summed E-state index contributed by atoms with van der Waals surface area (Å²) in [7, 11) is 0. The van der Waals surface area contributed by atoms with E-state index in [0.717, 1.165) is 12.8 Å². The van der Waals surface area contributed by atoms with Crippen LogP contribution in [0.3, 0.4) is 0 Å². The summed E-state index contributed by atoms with van der Waals surface area (Å²) in [5, 5.41) is 10.5. The molecule has 1 aliphatic heterocycles. The summed E-state index contributed by atoms with van der Waals surface area (Å²) in [6.45, 7) is 7.91. The number of ether oxygens (including phenoxy) is 2. The Morgan fingerprint density at radius 1 is 1.13 bits per heavy atom. The lowest BCUT2D eigenvalue weighted by Crippen LogP contribution is -2.50. The van der Waals surface area contributed by atoms with E-state index in [4.69, 9.17) is 9.47 Å². The second-order valence-electron chi connectivity index (χ2n) is 6.05. The smallest absolute Gasteiger partial charge is 0.198 e. The molecule has 2 bridgehead atoms. The van der Waals surface area contributed by atoms with Crippen LogP contribution in [0.25, 0.3) is 0 Å². The molecule has 2 aliphatic carbocycles. The molecule has 1 N–H and O–H groups in total. The van der Waals surface area contributed by atoms with E-state index in [9.17, 15) is 5.11 Å². The van der Waals surface area contributed by atoms with Crippen LogP contribution in [-0.2, 0) is 9.47 Å². The van der Waals surface area contributed by atoms with Crippen LogP contribution in [0.15, 0.2) is 0 Å². The lowest BCUT2D eigenvalue weighted by atomic mass is 9.70. The minimum atomic E-state index is -0.684. The third-order valence-electron chi connectivity index (χ3n) is 5.50. The fourth-order valence-corrected chi connectivity index (χ4v) is 4.16. The van der Waals surface area contributed by atoms with Crippen molar-refractivity contribution in [1.82, 2.24) is 0 Å². The number of rotatable bonds is 0. The number of hydrogen-bond acceptors (Lipinski definition) is 3. The SMILES string of the molecule is CC1(C)[C@H]2CC[C@]1(C)[C@@H](O)C21OCCO1. The molecule has 86 valence electrons. The van der Waals surface area contributed by atoms with Crippen LogP contribution in [0.1, 0.15) is 33.6 Å². The Balaban J connectivity index is 2.09. The maximum atomic E-state index is 10.5. The zero-order chi connectivity index (χ0) is 10.9. The Labute approximate surface area is 90.8 Å². The molecular weight excluding hydrogens is 192 g/mol. The van der Waals surface area contributed by atoms with E-state index in [1.165, 1.54) is 0 Å². The lowest BCUT2D eigenvalue weighted by Gasteiger charge is -2.39. The molecule has 1 spiro atoms. The van der Waals surface area contributed by atoms with Gasteiger partial charge in [-0.2, -0.15) is 0 Å². The quantitative estimate of drug-likeness (QED) is 0.662. The summed E-state index contributed by atoms with van der Waals surface area (Å²) in [5.74, 6) is -0.344. The summed E-state index contributed by atoms with van der Waals surface area (Å²) in [6.07, 6.45) is 1.72. The molecule has 3 rings (SSSR count). The van der Waals surface area contributed by atoms with Crippen LogP contribution in [-0.4, -0.2) is 30.2 Å². The fourth-order valence-electron chi connectivity index (χ4n) is 4.16. The van der Waals surface area contributed by atoms with Gasteiger partial charge in [-0.1, -0.05) is 20.8 Å². The molecule has 3 atom stereocenters. The maximum absolute atomic E-state index is 10.5. The second kappa shape index (κ2) is 2.58. The van der Waals surface area contributed by atoms with Gasteiger partial charge in [0, 0.05) is 11.3 Å². The molecule has 0 unspecified atom stereocenters. The van der Waals surface area contributed by atoms with Crippen LogP contribution in [0.5, 0.6) is 0 Å². The third-order valence-corrected chi connectivity index (χ3v) is 5.50. The number of aliphatic hydroxyl groups excluding tert-OH is 1. The van der Waals surface area contributed by atoms with Crippen molar-refractivity contribution in [2.45, 2.75) is 45.5 Å². The lowest BCUT2D eigenvalue weighted by molar-refractivity contribution is -0.253. The molecule has 1 saturated heterocycles. The molecule has 3 fully saturated rings. The van der Waals surface area contributed by atoms with Crippen molar-refractivity contribution in [2.75, 3.05) is 13.2 Å². The molecule has 1 heterocycles. The van der Waals surface area contributed by atoms with Crippen molar-refractivity contribution in [3.8, 4) is 0 Å². The second-order valence-corrected chi connectivity index (χ2v) is 6.05. The molecule has 0 aromatic rings. The van der Waals surface area contributed by atoms with Crippen LogP contribution in [0.2, 0.25) is 0 Å². The van der Waals surface area contributed by atoms with Crippen LogP contribution >= 0.6 is 0 Å². The molecule has 0 radical (unpaired) electrons. The van der Waals surface area contributed by atoms with Crippen molar-refractivity contribution < 1.29 is 14.6 Å². The summed E-state index contributed by atoms with van der Waals surface area (Å²) in [6, 6.07) is 0. The highest BCUT2D eigenvalue weighted by Crippen LogP contribution is 2.70. The van der Waals surface area contributed by atoms with Gasteiger partial charge in [0.15, 0.2) is 5.79 Å². The molecule has 15 heavy (non-hydrogen) atoms. The van der Waals surface area contributed by atoms with Gasteiger partial charge in [0.05, 0.1) is 13.2 Å². The molecule has 2 saturated carbocycles. The van der Waals surface area contributed by atoms with Crippen LogP contribution in [0.4, 0.5) is 0 Å². The van der Waals surface area contributed by atoms with E-state index in [1.807, 2.05) is 0 Å². The highest BCUT2D eigenvalue weighted by atomic mass is 16.7. The number of hydrogen-bond donors (Lipinski definition) is 1. The van der Waals surface area contributed by atoms with E-state index in [1.54, 1.807) is 0 Å². The van der Waals surface area contributed by atoms with E-state index in [0.29, 0.717) is 19.1 Å². The molecule has 3 aliphatic rings. The third kappa shape index (κ3) is 0.855. The largest absolute Gasteiger partial charge is 0.387 e.